The van der Waals surface area contributed by atoms with E-state index >= 15 is 0 Å². The molecule has 10 heteroatoms. The van der Waals surface area contributed by atoms with Gasteiger partial charge in [0.1, 0.15) is 23.6 Å². The van der Waals surface area contributed by atoms with Crippen molar-refractivity contribution in [2.75, 3.05) is 0 Å². The minimum absolute atomic E-state index is 0.0588. The third-order valence-electron chi connectivity index (χ3n) is 5.64. The number of carbonyl (C=O) groups is 1. The van der Waals surface area contributed by atoms with E-state index < -0.39 is 35.6 Å². The van der Waals surface area contributed by atoms with Gasteiger partial charge in [0.25, 0.3) is 5.91 Å². The molecule has 1 aliphatic carbocycles. The van der Waals surface area contributed by atoms with E-state index in [4.69, 9.17) is 23.1 Å². The first-order valence-corrected chi connectivity index (χ1v) is 11.0. The van der Waals surface area contributed by atoms with Crippen molar-refractivity contribution in [3.8, 4) is 0 Å². The number of nitrogens with one attached hydrogen (secondary N) is 2. The van der Waals surface area contributed by atoms with Gasteiger partial charge in [-0.1, -0.05) is 24.4 Å². The molecule has 1 saturated carbocycles. The Morgan fingerprint density at radius 3 is 2.36 bits per heavy atom. The van der Waals surface area contributed by atoms with Crippen molar-refractivity contribution in [3.63, 3.8) is 0 Å². The third kappa shape index (κ3) is 6.93. The number of aliphatic imine (C=N–C) groups is 1. The lowest BCUT2D eigenvalue weighted by molar-refractivity contribution is 0.0974. The van der Waals surface area contributed by atoms with Crippen LogP contribution in [-0.2, 0) is 0 Å². The highest BCUT2D eigenvalue weighted by atomic mass is 35.5. The summed E-state index contributed by atoms with van der Waals surface area (Å²) in [7, 11) is 0. The second kappa shape index (κ2) is 10.5. The van der Waals surface area contributed by atoms with E-state index in [1.54, 1.807) is 0 Å². The Hall–Kier alpha value is -2.62. The fraction of sp³-hybridized carbons (Fsp3) is 0.391. The van der Waals surface area contributed by atoms with Crippen LogP contribution in [0.4, 0.5) is 13.2 Å². The molecule has 178 valence electrons. The van der Waals surface area contributed by atoms with Gasteiger partial charge in [0.2, 0.25) is 0 Å². The summed E-state index contributed by atoms with van der Waals surface area (Å²) in [6.07, 6.45) is 2.96. The molecule has 0 spiro atoms. The maximum absolute atomic E-state index is 13.8. The van der Waals surface area contributed by atoms with Gasteiger partial charge >= 0.3 is 0 Å². The number of hydrogen-bond donors (Lipinski definition) is 4. The molecule has 0 radical (unpaired) electrons. The van der Waals surface area contributed by atoms with E-state index in [0.717, 1.165) is 49.9 Å². The number of hydrogen-bond acceptors (Lipinski definition) is 4. The zero-order chi connectivity index (χ0) is 24.2. The number of nitrogens with two attached hydrogens (primary N) is 2. The summed E-state index contributed by atoms with van der Waals surface area (Å²) in [6.45, 7) is 2.01. The Labute approximate surface area is 195 Å². The molecular weight excluding hydrogens is 455 g/mol. The van der Waals surface area contributed by atoms with Crippen LogP contribution in [-0.4, -0.2) is 23.6 Å². The Balaban J connectivity index is 1.78. The summed E-state index contributed by atoms with van der Waals surface area (Å²) in [4.78, 5) is 17.1. The summed E-state index contributed by atoms with van der Waals surface area (Å²) in [5, 5.41) is 5.79. The van der Waals surface area contributed by atoms with Crippen molar-refractivity contribution in [1.29, 1.82) is 0 Å². The van der Waals surface area contributed by atoms with Crippen LogP contribution in [0.3, 0.4) is 0 Å². The van der Waals surface area contributed by atoms with E-state index in [0.29, 0.717) is 0 Å². The number of amides is 1. The lowest BCUT2D eigenvalue weighted by atomic mass is 10.0. The smallest absolute Gasteiger partial charge is 0.258 e. The topological polar surface area (TPSA) is 106 Å². The summed E-state index contributed by atoms with van der Waals surface area (Å²) in [5.41, 5.74) is 12.2. The van der Waals surface area contributed by atoms with Gasteiger partial charge in [0.05, 0.1) is 5.02 Å². The van der Waals surface area contributed by atoms with Gasteiger partial charge in [0.15, 0.2) is 5.96 Å². The van der Waals surface area contributed by atoms with Crippen LogP contribution in [0.15, 0.2) is 41.4 Å². The zero-order valence-corrected chi connectivity index (χ0v) is 18.9. The monoisotopic (exact) mass is 481 g/mol. The van der Waals surface area contributed by atoms with Crippen molar-refractivity contribution < 1.29 is 18.0 Å². The SMILES string of the molecule is CC1(NC(=NC(N)CC(N)c2cc(F)cc(F)c2)NC(=O)c2ccc(Cl)c(F)c2)CCCC1. The second-order valence-corrected chi connectivity index (χ2v) is 8.97. The lowest BCUT2D eigenvalue weighted by Gasteiger charge is -2.28. The van der Waals surface area contributed by atoms with Gasteiger partial charge in [0, 0.05) is 29.6 Å². The molecule has 1 amide bonds. The molecule has 6 N–H and O–H groups in total. The summed E-state index contributed by atoms with van der Waals surface area (Å²) in [6, 6.07) is 5.97. The summed E-state index contributed by atoms with van der Waals surface area (Å²) < 4.78 is 40.8. The predicted octanol–water partition coefficient (Wildman–Crippen LogP) is 4.14. The van der Waals surface area contributed by atoms with Crippen LogP contribution < -0.4 is 22.1 Å². The van der Waals surface area contributed by atoms with Crippen molar-refractivity contribution in [2.24, 2.45) is 16.5 Å². The molecule has 3 rings (SSSR count). The van der Waals surface area contributed by atoms with Crippen LogP contribution in [0, 0.1) is 17.5 Å². The van der Waals surface area contributed by atoms with Crippen LogP contribution in [0.1, 0.15) is 61.0 Å². The van der Waals surface area contributed by atoms with Crippen molar-refractivity contribution in [1.82, 2.24) is 10.6 Å². The average molecular weight is 482 g/mol. The molecule has 0 aromatic heterocycles. The predicted molar refractivity (Wildman–Crippen MR) is 122 cm³/mol. The molecule has 0 heterocycles. The average Bonchev–Trinajstić information content (AvgIpc) is 3.14. The van der Waals surface area contributed by atoms with Crippen molar-refractivity contribution in [3.05, 3.63) is 70.0 Å². The molecule has 2 aromatic rings. The Kier molecular flexibility index (Phi) is 7.99. The molecule has 6 nitrogen and oxygen atoms in total. The first-order chi connectivity index (χ1) is 15.5. The van der Waals surface area contributed by atoms with Gasteiger partial charge in [-0.15, -0.1) is 0 Å². The highest BCUT2D eigenvalue weighted by Gasteiger charge is 2.30. The van der Waals surface area contributed by atoms with E-state index in [-0.39, 0.29) is 34.1 Å². The molecular formula is C23H27ClF3N5O. The molecule has 2 atom stereocenters. The summed E-state index contributed by atoms with van der Waals surface area (Å²) >= 11 is 5.69. The highest BCUT2D eigenvalue weighted by Crippen LogP contribution is 2.29. The minimum atomic E-state index is -0.888. The Morgan fingerprint density at radius 1 is 1.12 bits per heavy atom. The Bertz CT molecular complexity index is 1020. The summed E-state index contributed by atoms with van der Waals surface area (Å²) in [5.74, 6) is -2.68. The van der Waals surface area contributed by atoms with E-state index in [1.807, 2.05) is 6.92 Å². The largest absolute Gasteiger partial charge is 0.351 e. The molecule has 33 heavy (non-hydrogen) atoms. The van der Waals surface area contributed by atoms with Gasteiger partial charge in [-0.3, -0.25) is 10.1 Å². The zero-order valence-electron chi connectivity index (χ0n) is 18.2. The number of benzene rings is 2. The van der Waals surface area contributed by atoms with Crippen LogP contribution >= 0.6 is 11.6 Å². The molecule has 0 saturated heterocycles. The minimum Gasteiger partial charge on any atom is -0.351 e. The number of carbonyl (C=O) groups excluding carboxylic acids is 1. The van der Waals surface area contributed by atoms with Crippen LogP contribution in [0.25, 0.3) is 0 Å². The number of guanidine groups is 1. The molecule has 0 aliphatic heterocycles. The maximum atomic E-state index is 13.8. The van der Waals surface area contributed by atoms with Gasteiger partial charge < -0.3 is 16.8 Å². The normalized spacial score (nSPS) is 17.5. The van der Waals surface area contributed by atoms with Gasteiger partial charge in [-0.05, 0) is 55.7 Å². The van der Waals surface area contributed by atoms with Crippen LogP contribution in [0.2, 0.25) is 5.02 Å². The van der Waals surface area contributed by atoms with Gasteiger partial charge in [-0.25, -0.2) is 18.2 Å². The molecule has 1 fully saturated rings. The molecule has 0 bridgehead atoms. The van der Waals surface area contributed by atoms with Crippen LogP contribution in [0.5, 0.6) is 0 Å². The standard InChI is InChI=1S/C23H27ClF3N5O/c1-23(6-2-3-7-23)32-22(31-21(33)13-4-5-17(24)18(27)10-13)30-20(29)12-19(28)14-8-15(25)11-16(26)9-14/h4-5,8-11,19-20H,2-3,6-7,12,28-29H2,1H3,(H2,30,31,32,33). The van der Waals surface area contributed by atoms with Gasteiger partial charge in [-0.2, -0.15) is 0 Å². The molecule has 2 aromatic carbocycles. The second-order valence-electron chi connectivity index (χ2n) is 8.57. The third-order valence-corrected chi connectivity index (χ3v) is 5.95. The fourth-order valence-electron chi connectivity index (χ4n) is 3.88. The fourth-order valence-corrected chi connectivity index (χ4v) is 4.00. The number of rotatable bonds is 6. The number of nitrogens with zero attached hydrogens (tertiary/aromatic N) is 1. The Morgan fingerprint density at radius 2 is 1.76 bits per heavy atom. The maximum Gasteiger partial charge on any atom is 0.258 e. The first kappa shape index (κ1) is 25.0. The van der Waals surface area contributed by atoms with Crippen molar-refractivity contribution in [2.45, 2.75) is 56.8 Å². The van der Waals surface area contributed by atoms with E-state index in [2.05, 4.69) is 15.6 Å². The lowest BCUT2D eigenvalue weighted by Crippen LogP contribution is -2.52. The molecule has 1 aliphatic rings. The molecule has 2 unspecified atom stereocenters. The van der Waals surface area contributed by atoms with E-state index in [9.17, 15) is 18.0 Å². The quantitative estimate of drug-likeness (QED) is 0.367. The number of halogens is 4. The highest BCUT2D eigenvalue weighted by molar-refractivity contribution is 6.30. The van der Waals surface area contributed by atoms with Crippen molar-refractivity contribution >= 4 is 23.5 Å². The first-order valence-electron chi connectivity index (χ1n) is 10.6. The van der Waals surface area contributed by atoms with E-state index in [1.165, 1.54) is 12.1 Å².